The maximum atomic E-state index is 11.8. The molecule has 7 nitrogen and oxygen atoms in total. The number of anilines is 1. The van der Waals surface area contributed by atoms with Gasteiger partial charge in [0.2, 0.25) is 0 Å². The van der Waals surface area contributed by atoms with Gasteiger partial charge < -0.3 is 15.2 Å². The smallest absolute Gasteiger partial charge is 0.329 e. The second kappa shape index (κ2) is 8.11. The Morgan fingerprint density at radius 1 is 1.21 bits per heavy atom. The molecule has 3 N–H and O–H groups in total. The number of methoxy groups -OCH3 is 1. The number of phenols is 1. The third kappa shape index (κ3) is 4.56. The van der Waals surface area contributed by atoms with Gasteiger partial charge in [-0.2, -0.15) is 5.10 Å². The first-order chi connectivity index (χ1) is 11.5. The van der Waals surface area contributed by atoms with Gasteiger partial charge in [-0.05, 0) is 30.3 Å². The van der Waals surface area contributed by atoms with Crippen LogP contribution in [0, 0.1) is 0 Å². The Bertz CT molecular complexity index is 793. The van der Waals surface area contributed by atoms with Crippen LogP contribution >= 0.6 is 15.9 Å². The van der Waals surface area contributed by atoms with Crippen LogP contribution in [0.3, 0.4) is 0 Å². The van der Waals surface area contributed by atoms with E-state index in [0.717, 1.165) is 4.47 Å². The molecule has 2 aromatic rings. The van der Waals surface area contributed by atoms with Gasteiger partial charge >= 0.3 is 11.8 Å². The molecule has 0 aliphatic heterocycles. The highest BCUT2D eigenvalue weighted by atomic mass is 79.9. The lowest BCUT2D eigenvalue weighted by molar-refractivity contribution is -0.136. The van der Waals surface area contributed by atoms with Crippen LogP contribution in [0.1, 0.15) is 5.56 Å². The zero-order valence-electron chi connectivity index (χ0n) is 12.6. The molecule has 2 aromatic carbocycles. The van der Waals surface area contributed by atoms with E-state index in [9.17, 15) is 14.7 Å². The van der Waals surface area contributed by atoms with E-state index in [-0.39, 0.29) is 11.5 Å². The fraction of sp³-hybridized carbons (Fsp3) is 0.0625. The van der Waals surface area contributed by atoms with Gasteiger partial charge in [0.05, 0.1) is 13.3 Å². The minimum absolute atomic E-state index is 0.114. The fourth-order valence-corrected chi connectivity index (χ4v) is 2.17. The molecule has 8 heteroatoms. The molecule has 2 amide bonds. The molecule has 0 saturated carbocycles. The zero-order chi connectivity index (χ0) is 17.5. The summed E-state index contributed by atoms with van der Waals surface area (Å²) in [6.45, 7) is 0. The number of amides is 2. The number of halogens is 1. The molecule has 0 heterocycles. The largest absolute Gasteiger partial charge is 0.504 e. The van der Waals surface area contributed by atoms with Crippen LogP contribution < -0.4 is 15.5 Å². The topological polar surface area (TPSA) is 100 Å². The molecular formula is C16H14BrN3O4. The maximum Gasteiger partial charge on any atom is 0.329 e. The molecule has 0 saturated heterocycles. The second-order valence-electron chi connectivity index (χ2n) is 4.56. The minimum atomic E-state index is -0.936. The number of ether oxygens (including phenoxy) is 1. The van der Waals surface area contributed by atoms with Gasteiger partial charge in [0, 0.05) is 15.7 Å². The van der Waals surface area contributed by atoms with Crippen molar-refractivity contribution in [3.8, 4) is 11.5 Å². The van der Waals surface area contributed by atoms with E-state index in [0.29, 0.717) is 11.3 Å². The summed E-state index contributed by atoms with van der Waals surface area (Å²) in [5.74, 6) is -1.64. The Kier molecular flexibility index (Phi) is 5.91. The normalized spacial score (nSPS) is 10.4. The number of nitrogens with zero attached hydrogens (tertiary/aromatic N) is 1. The Morgan fingerprint density at radius 3 is 2.67 bits per heavy atom. The van der Waals surface area contributed by atoms with Crippen molar-refractivity contribution in [3.63, 3.8) is 0 Å². The van der Waals surface area contributed by atoms with Crippen LogP contribution in [0.5, 0.6) is 11.5 Å². The lowest BCUT2D eigenvalue weighted by Gasteiger charge is -2.05. The average molecular weight is 392 g/mol. The van der Waals surface area contributed by atoms with E-state index in [2.05, 4.69) is 31.8 Å². The third-order valence-corrected chi connectivity index (χ3v) is 3.40. The number of carbonyl (C=O) groups excluding carboxylic acids is 2. The van der Waals surface area contributed by atoms with E-state index in [1.165, 1.54) is 13.3 Å². The molecule has 0 aliphatic carbocycles. The zero-order valence-corrected chi connectivity index (χ0v) is 14.2. The minimum Gasteiger partial charge on any atom is -0.504 e. The Balaban J connectivity index is 1.96. The van der Waals surface area contributed by atoms with E-state index >= 15 is 0 Å². The highest BCUT2D eigenvalue weighted by Crippen LogP contribution is 2.27. The highest BCUT2D eigenvalue weighted by Gasteiger charge is 2.13. The summed E-state index contributed by atoms with van der Waals surface area (Å²) in [6.07, 6.45) is 1.21. The molecule has 0 atom stereocenters. The molecule has 0 aromatic heterocycles. The molecule has 0 fully saturated rings. The molecule has 124 valence electrons. The summed E-state index contributed by atoms with van der Waals surface area (Å²) < 4.78 is 5.73. The molecule has 2 rings (SSSR count). The number of benzene rings is 2. The van der Waals surface area contributed by atoms with Crippen LogP contribution in [0.25, 0.3) is 0 Å². The van der Waals surface area contributed by atoms with E-state index in [1.807, 2.05) is 0 Å². The van der Waals surface area contributed by atoms with Crippen LogP contribution in [0.15, 0.2) is 52.0 Å². The molecule has 0 aliphatic rings. The van der Waals surface area contributed by atoms with Crippen LogP contribution in [0.2, 0.25) is 0 Å². The Hall–Kier alpha value is -2.87. The molecule has 24 heavy (non-hydrogen) atoms. The predicted molar refractivity (Wildman–Crippen MR) is 93.2 cm³/mol. The highest BCUT2D eigenvalue weighted by molar-refractivity contribution is 9.10. The van der Waals surface area contributed by atoms with Crippen LogP contribution in [-0.2, 0) is 9.59 Å². The van der Waals surface area contributed by atoms with E-state index in [1.54, 1.807) is 42.5 Å². The molecular weight excluding hydrogens is 378 g/mol. The summed E-state index contributed by atoms with van der Waals surface area (Å²) in [6, 6.07) is 11.6. The number of hydrogen-bond acceptors (Lipinski definition) is 5. The standard InChI is InChI=1S/C16H14BrN3O4/c1-24-13-7-2-4-10(14(13)21)9-18-20-16(23)15(22)19-12-6-3-5-11(17)8-12/h2-9,21H,1H3,(H,19,22)(H,20,23)/b18-9+. The van der Waals surface area contributed by atoms with Gasteiger partial charge in [-0.25, -0.2) is 5.43 Å². The number of para-hydroxylation sites is 1. The lowest BCUT2D eigenvalue weighted by Crippen LogP contribution is -2.32. The summed E-state index contributed by atoms with van der Waals surface area (Å²) in [4.78, 5) is 23.4. The molecule has 0 spiro atoms. The van der Waals surface area contributed by atoms with Gasteiger partial charge in [-0.1, -0.05) is 28.1 Å². The van der Waals surface area contributed by atoms with Crippen LogP contribution in [0.4, 0.5) is 5.69 Å². The lowest BCUT2D eigenvalue weighted by atomic mass is 10.2. The van der Waals surface area contributed by atoms with Crippen molar-refractivity contribution >= 4 is 39.6 Å². The van der Waals surface area contributed by atoms with E-state index in [4.69, 9.17) is 4.74 Å². The third-order valence-electron chi connectivity index (χ3n) is 2.91. The number of aromatic hydroxyl groups is 1. The SMILES string of the molecule is COc1cccc(/C=N/NC(=O)C(=O)Nc2cccc(Br)c2)c1O. The summed E-state index contributed by atoms with van der Waals surface area (Å²) in [5.41, 5.74) is 2.89. The number of phenolic OH excluding ortho intramolecular Hbond substituents is 1. The van der Waals surface area contributed by atoms with Crippen molar-refractivity contribution in [2.45, 2.75) is 0 Å². The van der Waals surface area contributed by atoms with E-state index < -0.39 is 11.8 Å². The number of nitrogens with one attached hydrogen (secondary N) is 2. The summed E-state index contributed by atoms with van der Waals surface area (Å²) >= 11 is 3.27. The van der Waals surface area contributed by atoms with Crippen molar-refractivity contribution in [1.29, 1.82) is 0 Å². The van der Waals surface area contributed by atoms with Gasteiger partial charge in [0.1, 0.15) is 0 Å². The first-order valence-electron chi connectivity index (χ1n) is 6.77. The molecule has 0 bridgehead atoms. The van der Waals surface area contributed by atoms with Gasteiger partial charge in [-0.15, -0.1) is 0 Å². The van der Waals surface area contributed by atoms with Crippen molar-refractivity contribution in [3.05, 3.63) is 52.5 Å². The fourth-order valence-electron chi connectivity index (χ4n) is 1.77. The van der Waals surface area contributed by atoms with Gasteiger partial charge in [0.15, 0.2) is 11.5 Å². The van der Waals surface area contributed by atoms with Gasteiger partial charge in [-0.3, -0.25) is 9.59 Å². The number of rotatable bonds is 4. The first kappa shape index (κ1) is 17.5. The summed E-state index contributed by atoms with van der Waals surface area (Å²) in [5, 5.41) is 16.0. The van der Waals surface area contributed by atoms with Crippen LogP contribution in [-0.4, -0.2) is 30.2 Å². The van der Waals surface area contributed by atoms with Crippen molar-refractivity contribution < 1.29 is 19.4 Å². The Morgan fingerprint density at radius 2 is 1.96 bits per heavy atom. The number of hydrazone groups is 1. The average Bonchev–Trinajstić information content (AvgIpc) is 2.56. The first-order valence-corrected chi connectivity index (χ1v) is 7.56. The van der Waals surface area contributed by atoms with Crippen molar-refractivity contribution in [1.82, 2.24) is 5.43 Å². The van der Waals surface area contributed by atoms with Crippen molar-refractivity contribution in [2.24, 2.45) is 5.10 Å². The maximum absolute atomic E-state index is 11.8. The molecule has 0 unspecified atom stereocenters. The summed E-state index contributed by atoms with van der Waals surface area (Å²) in [7, 11) is 1.42. The quantitative estimate of drug-likeness (QED) is 0.422. The van der Waals surface area contributed by atoms with Crippen molar-refractivity contribution in [2.75, 3.05) is 12.4 Å². The van der Waals surface area contributed by atoms with Gasteiger partial charge in [0.25, 0.3) is 0 Å². The monoisotopic (exact) mass is 391 g/mol. The predicted octanol–water partition coefficient (Wildman–Crippen LogP) is 2.25. The molecule has 0 radical (unpaired) electrons. The number of carbonyl (C=O) groups is 2. The number of hydrogen-bond donors (Lipinski definition) is 3. The second-order valence-corrected chi connectivity index (χ2v) is 5.48. The Labute approximate surface area is 146 Å².